The largest absolute Gasteiger partial charge is 0.439 e. The summed E-state index contributed by atoms with van der Waals surface area (Å²) in [7, 11) is 0. The number of carbonyl (C=O) groups excluding carboxylic acids is 2. The van der Waals surface area contributed by atoms with Gasteiger partial charge in [-0.15, -0.1) is 0 Å². The second-order valence-electron chi connectivity index (χ2n) is 7.32. The summed E-state index contributed by atoms with van der Waals surface area (Å²) in [6, 6.07) is 7.96. The summed E-state index contributed by atoms with van der Waals surface area (Å²) < 4.78 is 18.9. The third-order valence-corrected chi connectivity index (χ3v) is 5.39. The summed E-state index contributed by atoms with van der Waals surface area (Å²) in [5.41, 5.74) is 2.46. The number of hydrogen-bond donors (Lipinski definition) is 0. The Hall–Kier alpha value is -3.68. The molecule has 0 aliphatic carbocycles. The number of carbonyl (C=O) groups is 2. The summed E-state index contributed by atoms with van der Waals surface area (Å²) in [6.45, 7) is 2.99. The number of ether oxygens (including phenoxy) is 1. The predicted molar refractivity (Wildman–Crippen MR) is 111 cm³/mol. The lowest BCUT2D eigenvalue weighted by Crippen LogP contribution is -2.29. The fraction of sp³-hybridized carbons (Fsp3) is 0.261. The van der Waals surface area contributed by atoms with Gasteiger partial charge < -0.3 is 9.64 Å². The number of aromatic nitrogens is 3. The Kier molecular flexibility index (Phi) is 5.97. The van der Waals surface area contributed by atoms with Crippen molar-refractivity contribution in [2.24, 2.45) is 0 Å². The van der Waals surface area contributed by atoms with E-state index in [4.69, 9.17) is 4.74 Å². The molecule has 1 aliphatic rings. The maximum Gasteiger partial charge on any atom is 0.272 e. The number of rotatable bonds is 6. The Balaban J connectivity index is 1.50. The fourth-order valence-electron chi connectivity index (χ4n) is 3.75. The molecule has 0 spiro atoms. The molecule has 1 aliphatic heterocycles. The zero-order valence-electron chi connectivity index (χ0n) is 17.0. The number of pyridine rings is 1. The van der Waals surface area contributed by atoms with E-state index in [0.717, 1.165) is 36.5 Å². The molecule has 1 unspecified atom stereocenters. The number of halogens is 1. The lowest BCUT2D eigenvalue weighted by molar-refractivity contribution is 0.0785. The number of aldehydes is 1. The second-order valence-corrected chi connectivity index (χ2v) is 7.32. The van der Waals surface area contributed by atoms with E-state index in [2.05, 4.69) is 15.0 Å². The zero-order valence-corrected chi connectivity index (χ0v) is 17.0. The molecule has 4 rings (SSSR count). The molecule has 0 saturated carbocycles. The van der Waals surface area contributed by atoms with Crippen molar-refractivity contribution in [2.75, 3.05) is 13.1 Å². The lowest BCUT2D eigenvalue weighted by Gasteiger charge is -2.17. The van der Waals surface area contributed by atoms with Crippen LogP contribution in [0.25, 0.3) is 0 Å². The number of nitrogens with zero attached hydrogens (tertiary/aromatic N) is 4. The van der Waals surface area contributed by atoms with Gasteiger partial charge in [-0.25, -0.2) is 19.3 Å². The molecule has 31 heavy (non-hydrogen) atoms. The Labute approximate surface area is 178 Å². The Bertz CT molecular complexity index is 1100. The minimum absolute atomic E-state index is 0.0175. The van der Waals surface area contributed by atoms with Gasteiger partial charge in [-0.1, -0.05) is 13.0 Å². The van der Waals surface area contributed by atoms with Gasteiger partial charge in [-0.05, 0) is 42.7 Å². The maximum absolute atomic E-state index is 13.1. The van der Waals surface area contributed by atoms with Crippen molar-refractivity contribution in [2.45, 2.75) is 25.7 Å². The predicted octanol–water partition coefficient (Wildman–Crippen LogP) is 3.81. The van der Waals surface area contributed by atoms with Crippen molar-refractivity contribution in [3.63, 3.8) is 0 Å². The van der Waals surface area contributed by atoms with E-state index in [1.54, 1.807) is 23.2 Å². The molecule has 1 aromatic carbocycles. The van der Waals surface area contributed by atoms with Crippen LogP contribution in [0.4, 0.5) is 4.39 Å². The van der Waals surface area contributed by atoms with E-state index in [1.807, 2.05) is 13.0 Å². The van der Waals surface area contributed by atoms with E-state index < -0.39 is 5.82 Å². The van der Waals surface area contributed by atoms with Gasteiger partial charge in [0.2, 0.25) is 5.88 Å². The number of aryl methyl sites for hydroxylation is 1. The normalized spacial score (nSPS) is 15.7. The van der Waals surface area contributed by atoms with Gasteiger partial charge >= 0.3 is 0 Å². The van der Waals surface area contributed by atoms with Crippen LogP contribution in [0.5, 0.6) is 11.6 Å². The highest BCUT2D eigenvalue weighted by molar-refractivity contribution is 5.92. The number of likely N-dealkylation sites (tertiary alicyclic amines) is 1. The number of benzene rings is 1. The first-order valence-electron chi connectivity index (χ1n) is 10.1. The third kappa shape index (κ3) is 4.42. The average Bonchev–Trinajstić information content (AvgIpc) is 3.29. The van der Waals surface area contributed by atoms with Gasteiger partial charge in [0.25, 0.3) is 5.91 Å². The number of amides is 1. The first-order valence-corrected chi connectivity index (χ1v) is 10.1. The first-order chi connectivity index (χ1) is 15.1. The Morgan fingerprint density at radius 1 is 1.26 bits per heavy atom. The molecular weight excluding hydrogens is 399 g/mol. The van der Waals surface area contributed by atoms with Gasteiger partial charge in [0.15, 0.2) is 0 Å². The monoisotopic (exact) mass is 420 g/mol. The quantitative estimate of drug-likeness (QED) is 0.564. The van der Waals surface area contributed by atoms with E-state index in [9.17, 15) is 14.0 Å². The second kappa shape index (κ2) is 8.99. The Morgan fingerprint density at radius 3 is 2.87 bits per heavy atom. The highest BCUT2D eigenvalue weighted by Gasteiger charge is 2.30. The summed E-state index contributed by atoms with van der Waals surface area (Å²) >= 11 is 0. The van der Waals surface area contributed by atoms with Crippen molar-refractivity contribution in [3.05, 3.63) is 77.3 Å². The molecule has 0 bridgehead atoms. The highest BCUT2D eigenvalue weighted by Crippen LogP contribution is 2.33. The SMILES string of the molecule is CCc1cncnc1Oc1ccc(C2CCN(C(=O)c3ccc(F)cn3)C2)c(C=O)c1. The van der Waals surface area contributed by atoms with Crippen LogP contribution in [-0.2, 0) is 6.42 Å². The maximum atomic E-state index is 13.1. The van der Waals surface area contributed by atoms with Crippen molar-refractivity contribution in [1.29, 1.82) is 0 Å². The first kappa shape index (κ1) is 20.6. The van der Waals surface area contributed by atoms with Crippen LogP contribution in [0, 0.1) is 5.82 Å². The molecule has 0 radical (unpaired) electrons. The van der Waals surface area contributed by atoms with Crippen LogP contribution >= 0.6 is 0 Å². The minimum Gasteiger partial charge on any atom is -0.439 e. The topological polar surface area (TPSA) is 85.3 Å². The summed E-state index contributed by atoms with van der Waals surface area (Å²) in [4.78, 5) is 38.1. The van der Waals surface area contributed by atoms with Crippen LogP contribution in [0.1, 0.15) is 51.2 Å². The van der Waals surface area contributed by atoms with Crippen molar-refractivity contribution >= 4 is 12.2 Å². The van der Waals surface area contributed by atoms with Crippen LogP contribution < -0.4 is 4.74 Å². The molecule has 1 fully saturated rings. The zero-order chi connectivity index (χ0) is 21.8. The van der Waals surface area contributed by atoms with Gasteiger partial charge in [-0.3, -0.25) is 9.59 Å². The minimum atomic E-state index is -0.484. The third-order valence-electron chi connectivity index (χ3n) is 5.39. The molecule has 0 N–H and O–H groups in total. The standard InChI is InChI=1S/C23H21FN4O3/c1-2-15-10-25-14-27-22(15)31-19-4-5-20(17(9-19)13-29)16-7-8-28(12-16)23(30)21-6-3-18(24)11-26-21/h3-6,9-11,13-14,16H,2,7-8,12H2,1H3. The number of hydrogen-bond acceptors (Lipinski definition) is 6. The van der Waals surface area contributed by atoms with Gasteiger partial charge in [-0.2, -0.15) is 0 Å². The Morgan fingerprint density at radius 2 is 2.13 bits per heavy atom. The van der Waals surface area contributed by atoms with Crippen LogP contribution in [-0.4, -0.2) is 45.1 Å². The molecule has 3 heterocycles. The fourth-order valence-corrected chi connectivity index (χ4v) is 3.75. The molecule has 8 heteroatoms. The highest BCUT2D eigenvalue weighted by atomic mass is 19.1. The van der Waals surface area contributed by atoms with E-state index >= 15 is 0 Å². The van der Waals surface area contributed by atoms with Crippen molar-refractivity contribution in [1.82, 2.24) is 19.9 Å². The van der Waals surface area contributed by atoms with Crippen LogP contribution in [0.3, 0.4) is 0 Å². The molecule has 1 saturated heterocycles. The smallest absolute Gasteiger partial charge is 0.272 e. The molecule has 158 valence electrons. The van der Waals surface area contributed by atoms with Gasteiger partial charge in [0.05, 0.1) is 6.20 Å². The van der Waals surface area contributed by atoms with Crippen molar-refractivity contribution < 1.29 is 18.7 Å². The summed E-state index contributed by atoms with van der Waals surface area (Å²) in [5.74, 6) is 0.267. The average molecular weight is 420 g/mol. The lowest BCUT2D eigenvalue weighted by atomic mass is 9.94. The van der Waals surface area contributed by atoms with E-state index in [-0.39, 0.29) is 17.5 Å². The van der Waals surface area contributed by atoms with Crippen LogP contribution in [0.2, 0.25) is 0 Å². The molecule has 2 aromatic heterocycles. The van der Waals surface area contributed by atoms with E-state index in [1.165, 1.54) is 18.5 Å². The van der Waals surface area contributed by atoms with Crippen molar-refractivity contribution in [3.8, 4) is 11.6 Å². The van der Waals surface area contributed by atoms with Gasteiger partial charge in [0, 0.05) is 36.3 Å². The molecular formula is C23H21FN4O3. The van der Waals surface area contributed by atoms with Crippen LogP contribution in [0.15, 0.2) is 49.1 Å². The summed E-state index contributed by atoms with van der Waals surface area (Å²) in [6.07, 6.45) is 6.41. The molecule has 1 amide bonds. The van der Waals surface area contributed by atoms with E-state index in [0.29, 0.717) is 30.3 Å². The molecule has 3 aromatic rings. The summed E-state index contributed by atoms with van der Waals surface area (Å²) in [5, 5.41) is 0. The molecule has 7 nitrogen and oxygen atoms in total. The van der Waals surface area contributed by atoms with Gasteiger partial charge in [0.1, 0.15) is 29.9 Å². The molecule has 1 atom stereocenters.